The molecule has 0 saturated heterocycles. The van der Waals surface area contributed by atoms with Gasteiger partial charge in [-0.2, -0.15) is 0 Å². The van der Waals surface area contributed by atoms with Crippen LogP contribution in [0.2, 0.25) is 0 Å². The van der Waals surface area contributed by atoms with E-state index in [2.05, 4.69) is 55.4 Å². The molecule has 0 N–H and O–H groups in total. The summed E-state index contributed by atoms with van der Waals surface area (Å²) >= 11 is 0. The number of carbonyl (C=O) groups is 8. The Morgan fingerprint density at radius 2 is 0.190 bits per heavy atom. The van der Waals surface area contributed by atoms with Gasteiger partial charge >= 0.3 is 77.9 Å². The molecule has 0 aliphatic carbocycles. The fourth-order valence-electron chi connectivity index (χ4n) is 9.81. The monoisotopic (exact) mass is 1620 g/mol. The van der Waals surface area contributed by atoms with Gasteiger partial charge < -0.3 is 79.2 Å². The van der Waals surface area contributed by atoms with Gasteiger partial charge in [-0.3, -0.25) is 0 Å². The van der Waals surface area contributed by atoms with Gasteiger partial charge in [-0.25, -0.2) is 0 Å². The van der Waals surface area contributed by atoms with Crippen LogP contribution >= 0.6 is 0 Å². The van der Waals surface area contributed by atoms with Crippen molar-refractivity contribution >= 4 is 47.8 Å². The SMILES string of the molecule is CCCCCCCCCC(=O)[O-].CCCCCCCCCC(=O)[O-].CCCCCCCCCC(=O)[O-].CCCCCCCCCC(=O)[O-].CCCCCCCCCC(=O)[O-].CCCCCCCCCC(=O)[O-].CCCCCCCCCC(=O)[O-].CCCCCCCCCC(=O)[O-].[Zn+2].[Zn+2].[Zn+2].[Zn+2]. The van der Waals surface area contributed by atoms with Crippen molar-refractivity contribution in [2.24, 2.45) is 0 Å². The summed E-state index contributed by atoms with van der Waals surface area (Å²) in [5.74, 6) is -7.31. The van der Waals surface area contributed by atoms with E-state index >= 15 is 0 Å². The van der Waals surface area contributed by atoms with Crippen LogP contribution in [0, 0.1) is 0 Å². The van der Waals surface area contributed by atoms with E-state index in [0.717, 1.165) is 103 Å². The largest absolute Gasteiger partial charge is 2.00 e. The first-order chi connectivity index (χ1) is 46.2. The van der Waals surface area contributed by atoms with Crippen LogP contribution in [0.3, 0.4) is 0 Å². The molecule has 20 heteroatoms. The van der Waals surface area contributed by atoms with Crippen molar-refractivity contribution in [2.75, 3.05) is 0 Å². The Morgan fingerprint density at radius 1 is 0.130 bits per heavy atom. The molecule has 0 unspecified atom stereocenters. The van der Waals surface area contributed by atoms with Crippen LogP contribution in [-0.2, 0) is 116 Å². The molecule has 0 aromatic heterocycles. The third kappa shape index (κ3) is 177. The number of carboxylic acid groups (broad SMARTS) is 8. The molecule has 0 fully saturated rings. The number of unbranched alkanes of at least 4 members (excludes halogenated alkanes) is 48. The number of carbonyl (C=O) groups excluding carboxylic acids is 8. The molecule has 0 aromatic rings. The van der Waals surface area contributed by atoms with Gasteiger partial charge in [0, 0.05) is 47.8 Å². The van der Waals surface area contributed by atoms with Gasteiger partial charge in [-0.05, 0) is 103 Å². The predicted octanol–water partition coefficient (Wildman–Crippen LogP) is 15.0. The molecule has 100 heavy (non-hydrogen) atoms. The van der Waals surface area contributed by atoms with Crippen LogP contribution in [-0.4, -0.2) is 47.8 Å². The minimum atomic E-state index is -0.913. The average molecular weight is 1630 g/mol. The summed E-state index contributed by atoms with van der Waals surface area (Å²) in [6.07, 6.45) is 66.7. The zero-order valence-corrected chi connectivity index (χ0v) is 78.5. The van der Waals surface area contributed by atoms with Crippen molar-refractivity contribution in [1.82, 2.24) is 0 Å². The van der Waals surface area contributed by atoms with Gasteiger partial charge in [0.25, 0.3) is 0 Å². The molecule has 0 amide bonds. The van der Waals surface area contributed by atoms with E-state index < -0.39 is 47.8 Å². The molecular weight excluding hydrogens is 1480 g/mol. The Morgan fingerprint density at radius 3 is 0.250 bits per heavy atom. The fourth-order valence-corrected chi connectivity index (χ4v) is 9.81. The number of carboxylic acids is 8. The number of aliphatic carboxylic acids is 8. The average Bonchev–Trinajstić information content (AvgIpc) is 3.60. The Kier molecular flexibility index (Phi) is 151. The summed E-state index contributed by atoms with van der Waals surface area (Å²) in [7, 11) is 0. The van der Waals surface area contributed by atoms with Crippen molar-refractivity contribution in [1.29, 1.82) is 0 Å². The Hall–Kier alpha value is -1.75. The van der Waals surface area contributed by atoms with E-state index in [-0.39, 0.29) is 129 Å². The second-order valence-electron chi connectivity index (χ2n) is 25.9. The molecule has 0 rings (SSSR count). The first-order valence-electron chi connectivity index (χ1n) is 39.8. The normalized spacial score (nSPS) is 9.68. The van der Waals surface area contributed by atoms with Crippen LogP contribution in [0.1, 0.15) is 466 Å². The molecule has 0 spiro atoms. The van der Waals surface area contributed by atoms with E-state index in [1.807, 2.05) is 0 Å². The maximum absolute atomic E-state index is 10.0. The molecule has 0 aliphatic heterocycles. The van der Waals surface area contributed by atoms with Crippen LogP contribution in [0.4, 0.5) is 0 Å². The van der Waals surface area contributed by atoms with Crippen molar-refractivity contribution in [3.63, 3.8) is 0 Å². The van der Waals surface area contributed by atoms with Crippen LogP contribution < -0.4 is 40.9 Å². The minimum absolute atomic E-state index is 0. The second-order valence-corrected chi connectivity index (χ2v) is 25.9. The number of rotatable bonds is 64. The first kappa shape index (κ1) is 125. The molecule has 576 valence electrons. The first-order valence-corrected chi connectivity index (χ1v) is 39.8. The molecule has 0 heterocycles. The van der Waals surface area contributed by atoms with Crippen LogP contribution in [0.25, 0.3) is 0 Å². The summed E-state index contributed by atoms with van der Waals surface area (Å²) in [5, 5.41) is 80.2. The Balaban J connectivity index is -0.0000000880. The van der Waals surface area contributed by atoms with Crippen LogP contribution in [0.5, 0.6) is 0 Å². The summed E-state index contributed by atoms with van der Waals surface area (Å²) in [4.78, 5) is 80.2. The van der Waals surface area contributed by atoms with Crippen LogP contribution in [0.15, 0.2) is 0 Å². The molecule has 16 nitrogen and oxygen atoms in total. The minimum Gasteiger partial charge on any atom is -0.550 e. The standard InChI is InChI=1S/8C10H20O2.4Zn/c8*1-2-3-4-5-6-7-8-9-10(11)12;;;;/h8*2-9H2,1H3,(H,11,12);;;;/q;;;;;;;;4*+2/p-8. The van der Waals surface area contributed by atoms with Gasteiger partial charge in [-0.1, -0.05) is 364 Å². The summed E-state index contributed by atoms with van der Waals surface area (Å²) < 4.78 is 0. The van der Waals surface area contributed by atoms with E-state index in [1.54, 1.807) is 0 Å². The fraction of sp³-hybridized carbons (Fsp3) is 0.900. The molecule has 0 aliphatic rings. The van der Waals surface area contributed by atoms with E-state index in [9.17, 15) is 79.2 Å². The zero-order valence-electron chi connectivity index (χ0n) is 66.6. The molecule has 0 saturated carbocycles. The number of hydrogen-bond acceptors (Lipinski definition) is 16. The quantitative estimate of drug-likeness (QED) is 0.0403. The topological polar surface area (TPSA) is 321 Å². The van der Waals surface area contributed by atoms with Gasteiger partial charge in [0.1, 0.15) is 0 Å². The van der Waals surface area contributed by atoms with Crippen molar-refractivity contribution in [3.8, 4) is 0 Å². The summed E-state index contributed by atoms with van der Waals surface area (Å²) in [6, 6.07) is 0. The predicted molar refractivity (Wildman–Crippen MR) is 381 cm³/mol. The van der Waals surface area contributed by atoms with Gasteiger partial charge in [0.15, 0.2) is 0 Å². The smallest absolute Gasteiger partial charge is 0.550 e. The maximum Gasteiger partial charge on any atom is 2.00 e. The van der Waals surface area contributed by atoms with E-state index in [0.29, 0.717) is 0 Å². The Bertz CT molecular complexity index is 1240. The number of hydrogen-bond donors (Lipinski definition) is 0. The zero-order chi connectivity index (χ0) is 73.9. The van der Waals surface area contributed by atoms with Crippen molar-refractivity contribution < 1.29 is 157 Å². The summed E-state index contributed by atoms with van der Waals surface area (Å²) in [5.41, 5.74) is 0. The van der Waals surface area contributed by atoms with E-state index in [4.69, 9.17) is 0 Å². The van der Waals surface area contributed by atoms with Gasteiger partial charge in [0.05, 0.1) is 0 Å². The second kappa shape index (κ2) is 121. The molecular formula is C80H152O16Zn4. The molecule has 0 bridgehead atoms. The molecule has 0 aromatic carbocycles. The third-order valence-electron chi connectivity index (χ3n) is 15.9. The van der Waals surface area contributed by atoms with Gasteiger partial charge in [-0.15, -0.1) is 0 Å². The third-order valence-corrected chi connectivity index (χ3v) is 15.9. The molecule has 0 radical (unpaired) electrons. The van der Waals surface area contributed by atoms with Crippen molar-refractivity contribution in [3.05, 3.63) is 0 Å². The van der Waals surface area contributed by atoms with Crippen molar-refractivity contribution in [2.45, 2.75) is 466 Å². The maximum atomic E-state index is 10.0. The summed E-state index contributed by atoms with van der Waals surface area (Å²) in [6.45, 7) is 17.5. The molecule has 0 atom stereocenters. The van der Waals surface area contributed by atoms with Gasteiger partial charge in [0.2, 0.25) is 0 Å². The van der Waals surface area contributed by atoms with E-state index in [1.165, 1.54) is 257 Å². The Labute approximate surface area is 666 Å².